The predicted octanol–water partition coefficient (Wildman–Crippen LogP) is 0.600. The first-order valence-electron chi connectivity index (χ1n) is 5.57. The van der Waals surface area contributed by atoms with Crippen molar-refractivity contribution in [3.63, 3.8) is 0 Å². The third-order valence-corrected chi connectivity index (χ3v) is 2.58. The number of hydrogen-bond donors (Lipinski definition) is 1. The molecule has 1 N–H and O–H groups in total. The van der Waals surface area contributed by atoms with Gasteiger partial charge in [-0.15, -0.1) is 0 Å². The van der Waals surface area contributed by atoms with Gasteiger partial charge in [0.15, 0.2) is 0 Å². The van der Waals surface area contributed by atoms with Crippen molar-refractivity contribution in [2.45, 2.75) is 0 Å². The van der Waals surface area contributed by atoms with Crippen molar-refractivity contribution in [1.29, 1.82) is 0 Å². The molecule has 1 aliphatic rings. The highest BCUT2D eigenvalue weighted by molar-refractivity contribution is 5.96. The fourth-order valence-electron chi connectivity index (χ4n) is 1.62. The van der Waals surface area contributed by atoms with Gasteiger partial charge in [-0.1, -0.05) is 0 Å². The molecule has 21 heavy (non-hydrogen) atoms. The minimum atomic E-state index is -0.888. The van der Waals surface area contributed by atoms with E-state index in [1.807, 2.05) is 0 Å². The van der Waals surface area contributed by atoms with Crippen molar-refractivity contribution >= 4 is 23.4 Å². The first-order valence-corrected chi connectivity index (χ1v) is 5.57. The maximum Gasteiger partial charge on any atom is 0.428 e. The molecule has 0 radical (unpaired) electrons. The zero-order valence-corrected chi connectivity index (χ0v) is 10.3. The molecule has 1 saturated heterocycles. The summed E-state index contributed by atoms with van der Waals surface area (Å²) in [5.41, 5.74) is 0.645. The van der Waals surface area contributed by atoms with E-state index in [9.17, 15) is 29.8 Å². The number of cyclic esters (lactones) is 1. The fraction of sp³-hybridized carbons (Fsp3) is 0.200. The van der Waals surface area contributed by atoms with Crippen LogP contribution >= 0.6 is 0 Å². The lowest BCUT2D eigenvalue weighted by atomic mass is 10.1. The number of carbonyl (C=O) groups excluding carboxylic acids is 2. The lowest BCUT2D eigenvalue weighted by molar-refractivity contribution is -0.394. The summed E-state index contributed by atoms with van der Waals surface area (Å²) in [5, 5.41) is 22.3. The lowest BCUT2D eigenvalue weighted by Crippen LogP contribution is -2.42. The molecule has 0 atom stereocenters. The van der Waals surface area contributed by atoms with Gasteiger partial charge in [0.1, 0.15) is 6.61 Å². The second-order valence-corrected chi connectivity index (χ2v) is 3.96. The number of hydrogen-bond acceptors (Lipinski definition) is 7. The van der Waals surface area contributed by atoms with E-state index < -0.39 is 33.2 Å². The van der Waals surface area contributed by atoms with Crippen LogP contribution in [0.15, 0.2) is 18.2 Å². The molecule has 0 aromatic heterocycles. The molecule has 0 spiro atoms. The Morgan fingerprint density at radius 2 is 1.76 bits per heavy atom. The molecular weight excluding hydrogens is 288 g/mol. The smallest absolute Gasteiger partial charge is 0.428 e. The normalized spacial score (nSPS) is 13.7. The minimum Gasteiger partial charge on any atom is -0.446 e. The monoisotopic (exact) mass is 296 g/mol. The second kappa shape index (κ2) is 5.40. The topological polar surface area (TPSA) is 145 Å². The van der Waals surface area contributed by atoms with Crippen LogP contribution in [0.25, 0.3) is 0 Å². The molecule has 1 fully saturated rings. The van der Waals surface area contributed by atoms with Crippen LogP contribution < -0.4 is 5.43 Å². The third kappa shape index (κ3) is 3.02. The molecule has 1 aliphatic heterocycles. The standard InChI is InChI=1S/C10H8N4O7/c15-9(11-12-1-2-21-10(12)16)6-3-7(13(17)18)5-8(4-6)14(19)20/h3-5H,1-2H2,(H,11,15). The number of rotatable bonds is 4. The van der Waals surface area contributed by atoms with Gasteiger partial charge in [-0.25, -0.2) is 9.80 Å². The van der Waals surface area contributed by atoms with Crippen molar-refractivity contribution in [1.82, 2.24) is 10.4 Å². The summed E-state index contributed by atoms with van der Waals surface area (Å²) in [7, 11) is 0. The Bertz CT molecular complexity index is 612. The van der Waals surface area contributed by atoms with E-state index >= 15 is 0 Å². The number of benzene rings is 1. The highest BCUT2D eigenvalue weighted by Crippen LogP contribution is 2.22. The number of carbonyl (C=O) groups is 2. The summed E-state index contributed by atoms with van der Waals surface area (Å²) in [6, 6.07) is 2.49. The van der Waals surface area contributed by atoms with Crippen LogP contribution in [0.1, 0.15) is 10.4 Å². The van der Waals surface area contributed by atoms with Gasteiger partial charge in [-0.2, -0.15) is 0 Å². The summed E-state index contributed by atoms with van der Waals surface area (Å²) in [6.07, 6.45) is -0.775. The van der Waals surface area contributed by atoms with Crippen molar-refractivity contribution in [2.75, 3.05) is 13.2 Å². The summed E-state index contributed by atoms with van der Waals surface area (Å²) >= 11 is 0. The van der Waals surface area contributed by atoms with E-state index in [2.05, 4.69) is 10.2 Å². The van der Waals surface area contributed by atoms with Gasteiger partial charge in [0.25, 0.3) is 17.3 Å². The zero-order chi connectivity index (χ0) is 15.6. The highest BCUT2D eigenvalue weighted by Gasteiger charge is 2.26. The maximum atomic E-state index is 11.9. The van der Waals surface area contributed by atoms with E-state index in [0.29, 0.717) is 0 Å². The number of ether oxygens (including phenoxy) is 1. The van der Waals surface area contributed by atoms with Gasteiger partial charge in [0.2, 0.25) is 0 Å². The molecule has 11 nitrogen and oxygen atoms in total. The van der Waals surface area contributed by atoms with Crippen LogP contribution in [0.3, 0.4) is 0 Å². The molecule has 0 aliphatic carbocycles. The molecule has 0 unspecified atom stereocenters. The number of nitrogens with one attached hydrogen (secondary N) is 1. The molecule has 0 saturated carbocycles. The Balaban J connectivity index is 2.29. The maximum absolute atomic E-state index is 11.9. The SMILES string of the molecule is O=C(NN1CCOC1=O)c1cc([N+](=O)[O-])cc([N+](=O)[O-])c1. The molecular formula is C10H8N4O7. The molecule has 2 rings (SSSR count). The second-order valence-electron chi connectivity index (χ2n) is 3.96. The Hall–Kier alpha value is -3.24. The predicted molar refractivity (Wildman–Crippen MR) is 65.3 cm³/mol. The van der Waals surface area contributed by atoms with Crippen LogP contribution in [0, 0.1) is 20.2 Å². The van der Waals surface area contributed by atoms with Gasteiger partial charge < -0.3 is 4.74 Å². The average Bonchev–Trinajstić information content (AvgIpc) is 2.83. The van der Waals surface area contributed by atoms with Gasteiger partial charge in [-0.05, 0) is 0 Å². The molecule has 1 aromatic rings. The molecule has 11 heteroatoms. The quantitative estimate of drug-likeness (QED) is 0.632. The third-order valence-electron chi connectivity index (χ3n) is 2.58. The Labute approximate surface area is 116 Å². The van der Waals surface area contributed by atoms with Crippen molar-refractivity contribution < 1.29 is 24.2 Å². The molecule has 110 valence electrons. The van der Waals surface area contributed by atoms with E-state index in [1.165, 1.54) is 0 Å². The number of non-ortho nitro benzene ring substituents is 2. The van der Waals surface area contributed by atoms with Gasteiger partial charge in [-0.3, -0.25) is 30.4 Å². The lowest BCUT2D eigenvalue weighted by Gasteiger charge is -2.13. The zero-order valence-electron chi connectivity index (χ0n) is 10.3. The fourth-order valence-corrected chi connectivity index (χ4v) is 1.62. The van der Waals surface area contributed by atoms with Crippen molar-refractivity contribution in [3.05, 3.63) is 44.0 Å². The molecule has 0 bridgehead atoms. The number of amides is 2. The number of nitrogens with zero attached hydrogens (tertiary/aromatic N) is 3. The number of nitro groups is 2. The Morgan fingerprint density at radius 1 is 1.19 bits per heavy atom. The van der Waals surface area contributed by atoms with E-state index in [4.69, 9.17) is 0 Å². The van der Waals surface area contributed by atoms with Crippen LogP contribution in [-0.4, -0.2) is 40.0 Å². The highest BCUT2D eigenvalue weighted by atomic mass is 16.6. The number of hydrazine groups is 1. The first kappa shape index (κ1) is 14.2. The molecule has 2 amide bonds. The van der Waals surface area contributed by atoms with Gasteiger partial charge in [0, 0.05) is 12.1 Å². The minimum absolute atomic E-state index is 0.0915. The number of nitro benzene ring substituents is 2. The van der Waals surface area contributed by atoms with Gasteiger partial charge >= 0.3 is 6.09 Å². The Kier molecular flexibility index (Phi) is 3.65. The van der Waals surface area contributed by atoms with E-state index in [-0.39, 0.29) is 18.7 Å². The summed E-state index contributed by atoms with van der Waals surface area (Å²) in [5.74, 6) is -0.888. The van der Waals surface area contributed by atoms with E-state index in [0.717, 1.165) is 23.2 Å². The van der Waals surface area contributed by atoms with Crippen LogP contribution in [0.4, 0.5) is 16.2 Å². The van der Waals surface area contributed by atoms with Crippen LogP contribution in [0.5, 0.6) is 0 Å². The first-order chi connectivity index (χ1) is 9.88. The van der Waals surface area contributed by atoms with Crippen molar-refractivity contribution in [3.8, 4) is 0 Å². The van der Waals surface area contributed by atoms with Gasteiger partial charge in [0.05, 0.1) is 28.0 Å². The summed E-state index contributed by atoms with van der Waals surface area (Å²) in [4.78, 5) is 42.8. The summed E-state index contributed by atoms with van der Waals surface area (Å²) < 4.78 is 4.58. The van der Waals surface area contributed by atoms with Crippen LogP contribution in [-0.2, 0) is 4.74 Å². The average molecular weight is 296 g/mol. The summed E-state index contributed by atoms with van der Waals surface area (Å²) in [6.45, 7) is 0.204. The molecule has 1 aromatic carbocycles. The van der Waals surface area contributed by atoms with Crippen molar-refractivity contribution in [2.24, 2.45) is 0 Å². The molecule has 1 heterocycles. The van der Waals surface area contributed by atoms with E-state index in [1.54, 1.807) is 0 Å². The Morgan fingerprint density at radius 3 is 2.19 bits per heavy atom. The largest absolute Gasteiger partial charge is 0.446 e. The van der Waals surface area contributed by atoms with Crippen LogP contribution in [0.2, 0.25) is 0 Å².